The summed E-state index contributed by atoms with van der Waals surface area (Å²) in [5, 5.41) is 2.81. The summed E-state index contributed by atoms with van der Waals surface area (Å²) >= 11 is 0. The summed E-state index contributed by atoms with van der Waals surface area (Å²) < 4.78 is 5.44. The van der Waals surface area contributed by atoms with Crippen LogP contribution in [0.2, 0.25) is 0 Å². The molecule has 0 aliphatic rings. The molecule has 0 aromatic heterocycles. The summed E-state index contributed by atoms with van der Waals surface area (Å²) in [4.78, 5) is 13.8. The topological polar surface area (TPSA) is 41.6 Å². The molecule has 2 aromatic rings. The van der Waals surface area contributed by atoms with Gasteiger partial charge in [-0.2, -0.15) is 0 Å². The minimum Gasteiger partial charge on any atom is -0.484 e. The Kier molecular flexibility index (Phi) is 4.82. The normalized spacial score (nSPS) is 10.0. The van der Waals surface area contributed by atoms with Gasteiger partial charge in [0.1, 0.15) is 5.75 Å². The van der Waals surface area contributed by atoms with Crippen molar-refractivity contribution in [2.75, 3.05) is 30.9 Å². The molecule has 21 heavy (non-hydrogen) atoms. The molecule has 2 rings (SSSR count). The van der Waals surface area contributed by atoms with Gasteiger partial charge in [-0.3, -0.25) is 4.79 Å². The minimum atomic E-state index is -0.173. The molecule has 0 aliphatic heterocycles. The number of carbonyl (C=O) groups excluding carboxylic acids is 1. The zero-order valence-corrected chi connectivity index (χ0v) is 12.6. The van der Waals surface area contributed by atoms with Crippen LogP contribution in [-0.2, 0) is 4.79 Å². The summed E-state index contributed by atoms with van der Waals surface area (Å²) in [5.41, 5.74) is 3.01. The standard InChI is InChI=1S/C17H20N2O2/c1-13-4-10-16(11-5-13)21-12-17(20)18-14-6-8-15(9-7-14)19(2)3/h4-11H,12H2,1-3H3,(H,18,20). The molecule has 0 heterocycles. The van der Waals surface area contributed by atoms with Crippen LogP contribution in [0.4, 0.5) is 11.4 Å². The van der Waals surface area contributed by atoms with Crippen molar-refractivity contribution < 1.29 is 9.53 Å². The predicted molar refractivity (Wildman–Crippen MR) is 86.1 cm³/mol. The molecule has 0 fully saturated rings. The maximum absolute atomic E-state index is 11.8. The Morgan fingerprint density at radius 2 is 1.67 bits per heavy atom. The van der Waals surface area contributed by atoms with Crippen molar-refractivity contribution in [3.05, 3.63) is 54.1 Å². The fourth-order valence-electron chi connectivity index (χ4n) is 1.82. The van der Waals surface area contributed by atoms with Gasteiger partial charge in [-0.15, -0.1) is 0 Å². The third-order valence-electron chi connectivity index (χ3n) is 3.06. The van der Waals surface area contributed by atoms with Crippen molar-refractivity contribution in [2.45, 2.75) is 6.92 Å². The summed E-state index contributed by atoms with van der Waals surface area (Å²) in [5.74, 6) is 0.520. The molecule has 0 radical (unpaired) electrons. The van der Waals surface area contributed by atoms with Crippen molar-refractivity contribution in [3.63, 3.8) is 0 Å². The quantitative estimate of drug-likeness (QED) is 0.917. The molecule has 0 saturated heterocycles. The number of rotatable bonds is 5. The van der Waals surface area contributed by atoms with Gasteiger partial charge in [0.25, 0.3) is 5.91 Å². The smallest absolute Gasteiger partial charge is 0.262 e. The lowest BCUT2D eigenvalue weighted by molar-refractivity contribution is -0.118. The average Bonchev–Trinajstić information content (AvgIpc) is 2.47. The molecule has 1 N–H and O–H groups in total. The van der Waals surface area contributed by atoms with Crippen LogP contribution in [-0.4, -0.2) is 26.6 Å². The Morgan fingerprint density at radius 1 is 1.05 bits per heavy atom. The molecule has 110 valence electrons. The van der Waals surface area contributed by atoms with Crippen molar-refractivity contribution >= 4 is 17.3 Å². The zero-order chi connectivity index (χ0) is 15.2. The molecular formula is C17H20N2O2. The number of hydrogen-bond acceptors (Lipinski definition) is 3. The Bertz CT molecular complexity index is 589. The largest absolute Gasteiger partial charge is 0.484 e. The van der Waals surface area contributed by atoms with Crippen molar-refractivity contribution in [3.8, 4) is 5.75 Å². The Hall–Kier alpha value is -2.49. The van der Waals surface area contributed by atoms with E-state index < -0.39 is 0 Å². The fourth-order valence-corrected chi connectivity index (χ4v) is 1.82. The van der Waals surface area contributed by atoms with Crippen LogP contribution >= 0.6 is 0 Å². The minimum absolute atomic E-state index is 0.00150. The maximum Gasteiger partial charge on any atom is 0.262 e. The van der Waals surface area contributed by atoms with E-state index >= 15 is 0 Å². The van der Waals surface area contributed by atoms with Gasteiger partial charge in [-0.05, 0) is 43.3 Å². The van der Waals surface area contributed by atoms with Gasteiger partial charge in [-0.25, -0.2) is 0 Å². The molecule has 2 aromatic carbocycles. The van der Waals surface area contributed by atoms with Crippen LogP contribution in [0.5, 0.6) is 5.75 Å². The molecule has 0 unspecified atom stereocenters. The second kappa shape index (κ2) is 6.79. The van der Waals surface area contributed by atoms with Crippen molar-refractivity contribution in [2.24, 2.45) is 0 Å². The second-order valence-corrected chi connectivity index (χ2v) is 5.09. The molecular weight excluding hydrogens is 264 g/mol. The number of benzene rings is 2. The molecule has 0 saturated carbocycles. The lowest BCUT2D eigenvalue weighted by atomic mass is 10.2. The van der Waals surface area contributed by atoms with Crippen LogP contribution in [0, 0.1) is 6.92 Å². The molecule has 4 nitrogen and oxygen atoms in total. The van der Waals surface area contributed by atoms with Crippen LogP contribution in [0.3, 0.4) is 0 Å². The van der Waals surface area contributed by atoms with E-state index in [0.29, 0.717) is 5.75 Å². The molecule has 0 bridgehead atoms. The summed E-state index contributed by atoms with van der Waals surface area (Å²) in [6, 6.07) is 15.3. The average molecular weight is 284 g/mol. The third kappa shape index (κ3) is 4.53. The Balaban J connectivity index is 1.85. The summed E-state index contributed by atoms with van der Waals surface area (Å²) in [7, 11) is 3.95. The highest BCUT2D eigenvalue weighted by atomic mass is 16.5. The van der Waals surface area contributed by atoms with E-state index in [1.165, 1.54) is 0 Å². The first-order chi connectivity index (χ1) is 10.0. The lowest BCUT2D eigenvalue weighted by Crippen LogP contribution is -2.20. The van der Waals surface area contributed by atoms with Gasteiger partial charge in [0.2, 0.25) is 0 Å². The van der Waals surface area contributed by atoms with Gasteiger partial charge in [-0.1, -0.05) is 17.7 Å². The number of nitrogens with zero attached hydrogens (tertiary/aromatic N) is 1. The van der Waals surface area contributed by atoms with Crippen molar-refractivity contribution in [1.29, 1.82) is 0 Å². The van der Waals surface area contributed by atoms with Crippen LogP contribution in [0.1, 0.15) is 5.56 Å². The van der Waals surface area contributed by atoms with E-state index in [1.54, 1.807) is 0 Å². The SMILES string of the molecule is Cc1ccc(OCC(=O)Nc2ccc(N(C)C)cc2)cc1. The van der Waals surface area contributed by atoms with Gasteiger partial charge in [0, 0.05) is 25.5 Å². The van der Waals surface area contributed by atoms with E-state index in [-0.39, 0.29) is 12.5 Å². The first-order valence-electron chi connectivity index (χ1n) is 6.81. The monoisotopic (exact) mass is 284 g/mol. The highest BCUT2D eigenvalue weighted by Crippen LogP contribution is 2.16. The molecule has 4 heteroatoms. The number of carbonyl (C=O) groups is 1. The fraction of sp³-hybridized carbons (Fsp3) is 0.235. The number of anilines is 2. The predicted octanol–water partition coefficient (Wildman–Crippen LogP) is 3.08. The van der Waals surface area contributed by atoms with E-state index in [4.69, 9.17) is 4.74 Å². The first-order valence-corrected chi connectivity index (χ1v) is 6.81. The van der Waals surface area contributed by atoms with Gasteiger partial charge in [0.05, 0.1) is 0 Å². The summed E-state index contributed by atoms with van der Waals surface area (Å²) in [6.07, 6.45) is 0. The van der Waals surface area contributed by atoms with Gasteiger partial charge < -0.3 is 15.0 Å². The zero-order valence-electron chi connectivity index (χ0n) is 12.6. The number of ether oxygens (including phenoxy) is 1. The maximum atomic E-state index is 11.8. The molecule has 0 spiro atoms. The number of hydrogen-bond donors (Lipinski definition) is 1. The van der Waals surface area contributed by atoms with E-state index in [1.807, 2.05) is 74.4 Å². The number of aryl methyl sites for hydroxylation is 1. The van der Waals surface area contributed by atoms with Crippen LogP contribution in [0.25, 0.3) is 0 Å². The van der Waals surface area contributed by atoms with E-state index in [9.17, 15) is 4.79 Å². The Morgan fingerprint density at radius 3 is 2.24 bits per heavy atom. The lowest BCUT2D eigenvalue weighted by Gasteiger charge is -2.13. The van der Waals surface area contributed by atoms with Crippen LogP contribution < -0.4 is 15.0 Å². The van der Waals surface area contributed by atoms with E-state index in [0.717, 1.165) is 16.9 Å². The van der Waals surface area contributed by atoms with E-state index in [2.05, 4.69) is 5.32 Å². The number of nitrogens with one attached hydrogen (secondary N) is 1. The van der Waals surface area contributed by atoms with Crippen LogP contribution in [0.15, 0.2) is 48.5 Å². The van der Waals surface area contributed by atoms with Gasteiger partial charge >= 0.3 is 0 Å². The third-order valence-corrected chi connectivity index (χ3v) is 3.06. The summed E-state index contributed by atoms with van der Waals surface area (Å²) in [6.45, 7) is 2.01. The highest BCUT2D eigenvalue weighted by Gasteiger charge is 2.04. The highest BCUT2D eigenvalue weighted by molar-refractivity contribution is 5.92. The Labute approximate surface area is 125 Å². The van der Waals surface area contributed by atoms with Crippen molar-refractivity contribution in [1.82, 2.24) is 0 Å². The second-order valence-electron chi connectivity index (χ2n) is 5.09. The molecule has 0 aliphatic carbocycles. The first kappa shape index (κ1) is 14.9. The molecule has 1 amide bonds. The molecule has 0 atom stereocenters. The van der Waals surface area contributed by atoms with Gasteiger partial charge in [0.15, 0.2) is 6.61 Å². The number of amides is 1.